The molecule has 0 saturated carbocycles. The van der Waals surface area contributed by atoms with E-state index in [0.717, 1.165) is 0 Å². The van der Waals surface area contributed by atoms with E-state index in [9.17, 15) is 0 Å². The molecule has 1 nitrogen and oxygen atoms in total. The van der Waals surface area contributed by atoms with Gasteiger partial charge in [-0.3, -0.25) is 4.90 Å². The Kier molecular flexibility index (Phi) is 2.61. The number of rotatable bonds is 1. The molecule has 0 fully saturated rings. The highest BCUT2D eigenvalue weighted by atomic mass is 35.5. The number of nitrogens with zero attached hydrogens (tertiary/aromatic N) is 1. The SMILES string of the molecule is CN(C)C([Si])(Cl)Cl. The Morgan fingerprint density at radius 2 is 1.57 bits per heavy atom. The van der Waals surface area contributed by atoms with Crippen LogP contribution in [0.25, 0.3) is 0 Å². The van der Waals surface area contributed by atoms with Gasteiger partial charge in [-0.2, -0.15) is 0 Å². The first-order chi connectivity index (χ1) is 2.94. The third kappa shape index (κ3) is 3.35. The van der Waals surface area contributed by atoms with Crippen LogP contribution in [-0.4, -0.2) is 33.3 Å². The summed E-state index contributed by atoms with van der Waals surface area (Å²) in [4.78, 5) is 1.63. The summed E-state index contributed by atoms with van der Waals surface area (Å²) in [6, 6.07) is 0. The molecule has 0 atom stereocenters. The lowest BCUT2D eigenvalue weighted by molar-refractivity contribution is 0.416. The van der Waals surface area contributed by atoms with Crippen LogP contribution in [0, 0.1) is 0 Å². The van der Waals surface area contributed by atoms with Crippen molar-refractivity contribution in [3.05, 3.63) is 0 Å². The van der Waals surface area contributed by atoms with Crippen molar-refractivity contribution in [1.29, 1.82) is 0 Å². The van der Waals surface area contributed by atoms with Crippen LogP contribution in [0.15, 0.2) is 0 Å². The van der Waals surface area contributed by atoms with Crippen LogP contribution in [0.1, 0.15) is 0 Å². The fourth-order valence-electron chi connectivity index (χ4n) is 0. The first kappa shape index (κ1) is 7.76. The molecule has 0 amide bonds. The number of alkyl halides is 2. The average molecular weight is 155 g/mol. The molecule has 41 valence electrons. The van der Waals surface area contributed by atoms with Crippen molar-refractivity contribution in [3.8, 4) is 0 Å². The second-order valence-corrected chi connectivity index (χ2v) is 4.08. The van der Waals surface area contributed by atoms with Gasteiger partial charge in [0.25, 0.3) is 0 Å². The van der Waals surface area contributed by atoms with Crippen molar-refractivity contribution in [3.63, 3.8) is 0 Å². The van der Waals surface area contributed by atoms with Gasteiger partial charge in [-0.25, -0.2) is 0 Å². The summed E-state index contributed by atoms with van der Waals surface area (Å²) in [6.45, 7) is 0. The Bertz CT molecular complexity index is 58.4. The molecule has 0 aromatic carbocycles. The van der Waals surface area contributed by atoms with E-state index >= 15 is 0 Å². The molecule has 7 heavy (non-hydrogen) atoms. The van der Waals surface area contributed by atoms with E-state index in [1.165, 1.54) is 0 Å². The molecule has 0 saturated heterocycles. The fourth-order valence-corrected chi connectivity index (χ4v) is 0. The molecule has 0 spiro atoms. The first-order valence-corrected chi connectivity index (χ1v) is 3.00. The minimum atomic E-state index is -0.917. The molecule has 0 heterocycles. The molecule has 0 bridgehead atoms. The maximum Gasteiger partial charge on any atom is 0.148 e. The monoisotopic (exact) mass is 154 g/mol. The molecule has 0 aliphatic heterocycles. The quantitative estimate of drug-likeness (QED) is 0.307. The summed E-state index contributed by atoms with van der Waals surface area (Å²) in [5, 5.41) is 0. The van der Waals surface area contributed by atoms with Crippen LogP contribution in [-0.2, 0) is 0 Å². The Morgan fingerprint density at radius 1 is 1.43 bits per heavy atom. The van der Waals surface area contributed by atoms with Crippen LogP contribution in [0.4, 0.5) is 0 Å². The standard InChI is InChI=1S/C3H6Cl2NSi/c1-6(2)3(4,5)7/h1-2H3. The number of hydrogen-bond acceptors (Lipinski definition) is 1. The van der Waals surface area contributed by atoms with Gasteiger partial charge in [0.2, 0.25) is 0 Å². The molecule has 0 N–H and O–H groups in total. The van der Waals surface area contributed by atoms with Gasteiger partial charge >= 0.3 is 0 Å². The molecule has 4 heteroatoms. The molecule has 0 aliphatic carbocycles. The van der Waals surface area contributed by atoms with Gasteiger partial charge in [0.1, 0.15) is 4.08 Å². The Balaban J connectivity index is 3.54. The molecule has 0 aromatic heterocycles. The zero-order chi connectivity index (χ0) is 6.08. The van der Waals surface area contributed by atoms with Gasteiger partial charge < -0.3 is 0 Å². The van der Waals surface area contributed by atoms with E-state index in [4.69, 9.17) is 23.2 Å². The Labute approximate surface area is 57.0 Å². The predicted molar refractivity (Wildman–Crippen MR) is 33.9 cm³/mol. The molecule has 0 aliphatic rings. The maximum absolute atomic E-state index is 5.47. The minimum Gasteiger partial charge on any atom is -0.283 e. The summed E-state index contributed by atoms with van der Waals surface area (Å²) in [5.41, 5.74) is 0. The lowest BCUT2D eigenvalue weighted by atomic mass is 11.0. The molecule has 0 rings (SSSR count). The molecular weight excluding hydrogens is 149 g/mol. The largest absolute Gasteiger partial charge is 0.283 e. The fraction of sp³-hybridized carbons (Fsp3) is 1.00. The highest BCUT2D eigenvalue weighted by molar-refractivity contribution is 6.64. The zero-order valence-corrected chi connectivity index (χ0v) is 6.72. The van der Waals surface area contributed by atoms with Crippen molar-refractivity contribution in [2.75, 3.05) is 14.1 Å². The predicted octanol–water partition coefficient (Wildman–Crippen LogP) is 0.805. The van der Waals surface area contributed by atoms with Crippen LogP contribution in [0.5, 0.6) is 0 Å². The lowest BCUT2D eigenvalue weighted by Crippen LogP contribution is -2.32. The normalized spacial score (nSPS) is 12.9. The summed E-state index contributed by atoms with van der Waals surface area (Å²) in [7, 11) is 6.59. The third-order valence-corrected chi connectivity index (χ3v) is 1.69. The Morgan fingerprint density at radius 3 is 1.57 bits per heavy atom. The average Bonchev–Trinajstić information content (AvgIpc) is 1.31. The van der Waals surface area contributed by atoms with E-state index in [1.54, 1.807) is 19.0 Å². The van der Waals surface area contributed by atoms with Crippen molar-refractivity contribution in [2.45, 2.75) is 4.08 Å². The Hall–Kier alpha value is 0.757. The van der Waals surface area contributed by atoms with Crippen molar-refractivity contribution in [1.82, 2.24) is 4.90 Å². The van der Waals surface area contributed by atoms with Crippen molar-refractivity contribution in [2.24, 2.45) is 0 Å². The van der Waals surface area contributed by atoms with Crippen LogP contribution in [0.2, 0.25) is 0 Å². The summed E-state index contributed by atoms with van der Waals surface area (Å²) in [6.07, 6.45) is 0. The van der Waals surface area contributed by atoms with Crippen LogP contribution in [0.3, 0.4) is 0 Å². The molecule has 0 unspecified atom stereocenters. The van der Waals surface area contributed by atoms with Crippen molar-refractivity contribution < 1.29 is 0 Å². The lowest BCUT2D eigenvalue weighted by Gasteiger charge is -2.21. The highest BCUT2D eigenvalue weighted by Gasteiger charge is 2.17. The number of hydrogen-bond donors (Lipinski definition) is 0. The van der Waals surface area contributed by atoms with Gasteiger partial charge in [0.05, 0.1) is 10.2 Å². The third-order valence-electron chi connectivity index (χ3n) is 0.562. The van der Waals surface area contributed by atoms with E-state index in [1.807, 2.05) is 0 Å². The smallest absolute Gasteiger partial charge is 0.148 e. The highest BCUT2D eigenvalue weighted by Crippen LogP contribution is 2.16. The van der Waals surface area contributed by atoms with Gasteiger partial charge in [-0.05, 0) is 14.1 Å². The summed E-state index contributed by atoms with van der Waals surface area (Å²) < 4.78 is -0.917. The zero-order valence-electron chi connectivity index (χ0n) is 4.20. The van der Waals surface area contributed by atoms with Gasteiger partial charge in [-0.1, -0.05) is 23.2 Å². The topological polar surface area (TPSA) is 3.24 Å². The van der Waals surface area contributed by atoms with Gasteiger partial charge in [-0.15, -0.1) is 0 Å². The first-order valence-electron chi connectivity index (χ1n) is 1.75. The van der Waals surface area contributed by atoms with Gasteiger partial charge in [0, 0.05) is 0 Å². The molecular formula is C3H6Cl2NSi. The minimum absolute atomic E-state index is 0.917. The van der Waals surface area contributed by atoms with E-state index < -0.39 is 4.08 Å². The molecule has 3 radical (unpaired) electrons. The summed E-state index contributed by atoms with van der Waals surface area (Å²) in [5.74, 6) is 0. The van der Waals surface area contributed by atoms with E-state index in [2.05, 4.69) is 10.2 Å². The number of halogens is 2. The van der Waals surface area contributed by atoms with Crippen LogP contribution >= 0.6 is 23.2 Å². The van der Waals surface area contributed by atoms with E-state index in [-0.39, 0.29) is 0 Å². The van der Waals surface area contributed by atoms with E-state index in [0.29, 0.717) is 0 Å². The van der Waals surface area contributed by atoms with Crippen molar-refractivity contribution >= 4 is 33.4 Å². The maximum atomic E-state index is 5.47. The van der Waals surface area contributed by atoms with Gasteiger partial charge in [0.15, 0.2) is 0 Å². The second-order valence-electron chi connectivity index (χ2n) is 1.44. The summed E-state index contributed by atoms with van der Waals surface area (Å²) >= 11 is 10.9. The van der Waals surface area contributed by atoms with Crippen LogP contribution < -0.4 is 0 Å². The molecule has 0 aromatic rings. The second kappa shape index (κ2) is 2.35.